The Morgan fingerprint density at radius 1 is 1.16 bits per heavy atom. The molecule has 0 fully saturated rings. The Labute approximate surface area is 187 Å². The predicted octanol–water partition coefficient (Wildman–Crippen LogP) is 4.95. The summed E-state index contributed by atoms with van der Waals surface area (Å²) in [5, 5.41) is 0.778. The van der Waals surface area contributed by atoms with Crippen LogP contribution in [-0.2, 0) is 9.53 Å². The zero-order valence-electron chi connectivity index (χ0n) is 19.2. The van der Waals surface area contributed by atoms with Crippen LogP contribution in [0.5, 0.6) is 5.75 Å². The standard InChI is InChI=1S/C26H29NO5/c1-7-23(28)32-26(5,6)14-22(27)30-19-9-8-18-12-20(25(29)31-21(18)13-19)24-16(3)10-15(2)11-17(24)4/h7-13,22H,1,14,27H2,2-6H3. The van der Waals surface area contributed by atoms with E-state index in [4.69, 9.17) is 19.6 Å². The average molecular weight is 436 g/mol. The molecule has 1 heterocycles. The molecule has 3 rings (SSSR count). The fourth-order valence-electron chi connectivity index (χ4n) is 4.00. The van der Waals surface area contributed by atoms with Crippen LogP contribution in [0.2, 0.25) is 0 Å². The second-order valence-electron chi connectivity index (χ2n) is 8.67. The molecule has 0 spiro atoms. The van der Waals surface area contributed by atoms with E-state index >= 15 is 0 Å². The fraction of sp³-hybridized carbons (Fsp3) is 0.308. The molecule has 3 aromatic rings. The van der Waals surface area contributed by atoms with Crippen LogP contribution in [-0.4, -0.2) is 17.8 Å². The van der Waals surface area contributed by atoms with Gasteiger partial charge in [-0.25, -0.2) is 9.59 Å². The summed E-state index contributed by atoms with van der Waals surface area (Å²) in [6.45, 7) is 12.9. The molecule has 0 bridgehead atoms. The van der Waals surface area contributed by atoms with E-state index in [1.54, 1.807) is 26.0 Å². The van der Waals surface area contributed by atoms with Gasteiger partial charge in [-0.1, -0.05) is 24.3 Å². The van der Waals surface area contributed by atoms with Crippen molar-refractivity contribution in [3.8, 4) is 16.9 Å². The van der Waals surface area contributed by atoms with E-state index in [-0.39, 0.29) is 6.42 Å². The number of aryl methyl sites for hydroxylation is 3. The summed E-state index contributed by atoms with van der Waals surface area (Å²) in [6.07, 6.45) is 0.635. The molecule has 6 nitrogen and oxygen atoms in total. The normalized spacial score (nSPS) is 12.4. The van der Waals surface area contributed by atoms with Gasteiger partial charge in [-0.15, -0.1) is 0 Å². The molecule has 2 aromatic carbocycles. The highest BCUT2D eigenvalue weighted by atomic mass is 16.6. The van der Waals surface area contributed by atoms with Crippen LogP contribution in [0.4, 0.5) is 0 Å². The van der Waals surface area contributed by atoms with Crippen LogP contribution in [0, 0.1) is 20.8 Å². The predicted molar refractivity (Wildman–Crippen MR) is 126 cm³/mol. The highest BCUT2D eigenvalue weighted by molar-refractivity contribution is 5.84. The number of benzene rings is 2. The van der Waals surface area contributed by atoms with E-state index in [9.17, 15) is 9.59 Å². The number of carbonyl (C=O) groups excluding carboxylic acids is 1. The SMILES string of the molecule is C=CC(=O)OC(C)(C)CC(N)Oc1ccc2cc(-c3c(C)cc(C)cc3C)c(=O)oc2c1. The molecule has 0 amide bonds. The fourth-order valence-corrected chi connectivity index (χ4v) is 4.00. The van der Waals surface area contributed by atoms with Crippen molar-refractivity contribution < 1.29 is 18.7 Å². The van der Waals surface area contributed by atoms with Crippen LogP contribution in [0.15, 0.2) is 58.3 Å². The van der Waals surface area contributed by atoms with Gasteiger partial charge in [-0.3, -0.25) is 5.73 Å². The Balaban J connectivity index is 1.86. The van der Waals surface area contributed by atoms with Crippen molar-refractivity contribution in [2.75, 3.05) is 0 Å². The lowest BCUT2D eigenvalue weighted by molar-refractivity contribution is -0.152. The summed E-state index contributed by atoms with van der Waals surface area (Å²) in [7, 11) is 0. The van der Waals surface area contributed by atoms with Crippen molar-refractivity contribution in [2.45, 2.75) is 52.9 Å². The molecule has 0 saturated heterocycles. The molecule has 1 atom stereocenters. The molecule has 2 N–H and O–H groups in total. The lowest BCUT2D eigenvalue weighted by Crippen LogP contribution is -2.39. The summed E-state index contributed by atoms with van der Waals surface area (Å²) in [4.78, 5) is 24.3. The minimum absolute atomic E-state index is 0.263. The highest BCUT2D eigenvalue weighted by Gasteiger charge is 2.26. The van der Waals surface area contributed by atoms with Gasteiger partial charge >= 0.3 is 11.6 Å². The molecule has 32 heavy (non-hydrogen) atoms. The third-order valence-electron chi connectivity index (χ3n) is 5.18. The highest BCUT2D eigenvalue weighted by Crippen LogP contribution is 2.30. The van der Waals surface area contributed by atoms with Crippen LogP contribution >= 0.6 is 0 Å². The van der Waals surface area contributed by atoms with Crippen LogP contribution < -0.4 is 16.1 Å². The Hall–Kier alpha value is -3.38. The molecule has 1 unspecified atom stereocenters. The molecule has 0 aliphatic carbocycles. The minimum Gasteiger partial charge on any atom is -0.475 e. The topological polar surface area (TPSA) is 91.8 Å². The second kappa shape index (κ2) is 9.01. The first-order valence-corrected chi connectivity index (χ1v) is 10.4. The van der Waals surface area contributed by atoms with Gasteiger partial charge in [0, 0.05) is 23.9 Å². The Bertz CT molecular complexity index is 1220. The zero-order valence-corrected chi connectivity index (χ0v) is 19.2. The molecule has 0 aliphatic heterocycles. The van der Waals surface area contributed by atoms with Crippen molar-refractivity contribution in [1.82, 2.24) is 0 Å². The maximum absolute atomic E-state index is 12.8. The van der Waals surface area contributed by atoms with Gasteiger partial charge in [0.15, 0.2) is 6.23 Å². The van der Waals surface area contributed by atoms with Crippen LogP contribution in [0.1, 0.15) is 37.0 Å². The quantitative estimate of drug-likeness (QED) is 0.244. The van der Waals surface area contributed by atoms with E-state index in [0.717, 1.165) is 33.7 Å². The first-order valence-electron chi connectivity index (χ1n) is 10.4. The number of hydrogen-bond donors (Lipinski definition) is 1. The number of fused-ring (bicyclic) bond motifs is 1. The van der Waals surface area contributed by atoms with Gasteiger partial charge in [-0.2, -0.15) is 0 Å². The van der Waals surface area contributed by atoms with Gasteiger partial charge in [-0.05, 0) is 69.5 Å². The van der Waals surface area contributed by atoms with E-state index < -0.39 is 23.4 Å². The molecule has 168 valence electrons. The number of rotatable bonds is 7. The first-order chi connectivity index (χ1) is 15.0. The number of nitrogens with two attached hydrogens (primary N) is 1. The first kappa shape index (κ1) is 23.3. The third-order valence-corrected chi connectivity index (χ3v) is 5.18. The van der Waals surface area contributed by atoms with Crippen molar-refractivity contribution in [3.63, 3.8) is 0 Å². The van der Waals surface area contributed by atoms with Gasteiger partial charge in [0.1, 0.15) is 16.9 Å². The summed E-state index contributed by atoms with van der Waals surface area (Å²) in [5.41, 5.74) is 9.89. The largest absolute Gasteiger partial charge is 0.475 e. The lowest BCUT2D eigenvalue weighted by Gasteiger charge is -2.27. The van der Waals surface area contributed by atoms with Crippen molar-refractivity contribution in [2.24, 2.45) is 5.73 Å². The number of ether oxygens (including phenoxy) is 2. The zero-order chi connectivity index (χ0) is 23.6. The molecule has 0 aliphatic rings. The average Bonchev–Trinajstić information content (AvgIpc) is 2.66. The minimum atomic E-state index is -0.827. The van der Waals surface area contributed by atoms with E-state index in [1.807, 2.05) is 32.9 Å². The Kier molecular flexibility index (Phi) is 6.55. The third kappa shape index (κ3) is 5.26. The molecule has 1 aromatic heterocycles. The summed E-state index contributed by atoms with van der Waals surface area (Å²) >= 11 is 0. The maximum atomic E-state index is 12.8. The van der Waals surface area contributed by atoms with Gasteiger partial charge in [0.2, 0.25) is 0 Å². The van der Waals surface area contributed by atoms with Crippen LogP contribution in [0.3, 0.4) is 0 Å². The number of carbonyl (C=O) groups is 1. The molecular weight excluding hydrogens is 406 g/mol. The van der Waals surface area contributed by atoms with Crippen LogP contribution in [0.25, 0.3) is 22.1 Å². The smallest absolute Gasteiger partial charge is 0.344 e. The molecule has 0 saturated carbocycles. The molecule has 0 radical (unpaired) electrons. The maximum Gasteiger partial charge on any atom is 0.344 e. The molecule has 6 heteroatoms. The monoisotopic (exact) mass is 435 g/mol. The van der Waals surface area contributed by atoms with Crippen molar-refractivity contribution in [1.29, 1.82) is 0 Å². The lowest BCUT2D eigenvalue weighted by atomic mass is 9.94. The summed E-state index contributed by atoms with van der Waals surface area (Å²) < 4.78 is 16.7. The Morgan fingerprint density at radius 3 is 2.44 bits per heavy atom. The van der Waals surface area contributed by atoms with Crippen molar-refractivity contribution >= 4 is 16.9 Å². The Morgan fingerprint density at radius 2 is 1.81 bits per heavy atom. The van der Waals surface area contributed by atoms with E-state index in [2.05, 4.69) is 18.7 Å². The summed E-state index contributed by atoms with van der Waals surface area (Å²) in [6, 6.07) is 11.2. The molecular formula is C26H29NO5. The van der Waals surface area contributed by atoms with E-state index in [0.29, 0.717) is 16.9 Å². The number of hydrogen-bond acceptors (Lipinski definition) is 6. The second-order valence-corrected chi connectivity index (χ2v) is 8.67. The van der Waals surface area contributed by atoms with E-state index in [1.165, 1.54) is 0 Å². The van der Waals surface area contributed by atoms with Gasteiger partial charge in [0.05, 0.1) is 5.56 Å². The van der Waals surface area contributed by atoms with Gasteiger partial charge in [0.25, 0.3) is 0 Å². The number of esters is 1. The van der Waals surface area contributed by atoms with Gasteiger partial charge < -0.3 is 13.9 Å². The summed E-state index contributed by atoms with van der Waals surface area (Å²) in [5.74, 6) is -0.0704. The van der Waals surface area contributed by atoms with Crippen molar-refractivity contribution in [3.05, 3.63) is 76.2 Å².